The number of carbonyl (C=O) groups excluding carboxylic acids is 2. The number of hydrogen-bond donors (Lipinski definition) is 1. The van der Waals surface area contributed by atoms with E-state index < -0.39 is 0 Å². The van der Waals surface area contributed by atoms with Crippen LogP contribution < -0.4 is 5.32 Å². The molecule has 0 radical (unpaired) electrons. The van der Waals surface area contributed by atoms with Gasteiger partial charge < -0.3 is 5.32 Å². The number of carbonyl (C=O) groups is 2. The number of rotatable bonds is 4. The number of aromatic nitrogens is 2. The van der Waals surface area contributed by atoms with Crippen LogP contribution in [0.1, 0.15) is 31.7 Å². The Balaban J connectivity index is 1.43. The first-order chi connectivity index (χ1) is 14.7. The second-order valence-electron chi connectivity index (χ2n) is 6.94. The van der Waals surface area contributed by atoms with Crippen molar-refractivity contribution in [1.82, 2.24) is 14.9 Å². The van der Waals surface area contributed by atoms with Crippen molar-refractivity contribution in [3.05, 3.63) is 113 Å². The predicted octanol–water partition coefficient (Wildman–Crippen LogP) is 4.78. The van der Waals surface area contributed by atoms with Crippen LogP contribution in [-0.4, -0.2) is 21.2 Å². The fraction of sp³-hybridized carbons (Fsp3) is 0.0417. The molecule has 2 aromatic heterocycles. The molecule has 5 nitrogen and oxygen atoms in total. The maximum atomic E-state index is 13.2. The zero-order valence-electron chi connectivity index (χ0n) is 15.9. The highest BCUT2D eigenvalue weighted by atomic mass is 32.2. The molecule has 4 aromatic rings. The average molecular weight is 411 g/mol. The number of ketones is 1. The number of allylic oxidation sites excluding steroid dienone is 1. The third-order valence-electron chi connectivity index (χ3n) is 5.04. The van der Waals surface area contributed by atoms with Crippen LogP contribution >= 0.6 is 11.8 Å². The van der Waals surface area contributed by atoms with Crippen LogP contribution in [0.5, 0.6) is 0 Å². The van der Waals surface area contributed by atoms with Gasteiger partial charge in [0.25, 0.3) is 5.91 Å². The summed E-state index contributed by atoms with van der Waals surface area (Å²) in [7, 11) is 0. The Morgan fingerprint density at radius 3 is 2.63 bits per heavy atom. The summed E-state index contributed by atoms with van der Waals surface area (Å²) in [4.78, 5) is 30.1. The van der Waals surface area contributed by atoms with Crippen molar-refractivity contribution >= 4 is 34.4 Å². The van der Waals surface area contributed by atoms with Gasteiger partial charge in [-0.15, -0.1) is 11.8 Å². The molecule has 0 aliphatic carbocycles. The number of hydrogen-bond acceptors (Lipinski definition) is 5. The lowest BCUT2D eigenvalue weighted by molar-refractivity contribution is 0.0951. The van der Waals surface area contributed by atoms with E-state index in [1.807, 2.05) is 47.9 Å². The summed E-state index contributed by atoms with van der Waals surface area (Å²) < 4.78 is 1.59. The molecule has 6 heteroatoms. The number of pyridine rings is 1. The molecule has 2 aromatic carbocycles. The van der Waals surface area contributed by atoms with Crippen molar-refractivity contribution in [2.24, 2.45) is 0 Å². The first-order valence-electron chi connectivity index (χ1n) is 9.48. The van der Waals surface area contributed by atoms with Crippen LogP contribution in [0.25, 0.3) is 10.9 Å². The highest BCUT2D eigenvalue weighted by Gasteiger charge is 2.25. The molecular formula is C24H17N3O2S. The summed E-state index contributed by atoms with van der Waals surface area (Å²) in [5, 5.41) is 5.97. The lowest BCUT2D eigenvalue weighted by Crippen LogP contribution is -2.23. The SMILES string of the molecule is O=C(c1ccccc1)c1ccc2ccn(C(=O)C3=CSC(c4cccnc4)N3)c2c1. The van der Waals surface area contributed by atoms with Crippen LogP contribution in [0.3, 0.4) is 0 Å². The van der Waals surface area contributed by atoms with Gasteiger partial charge in [-0.3, -0.25) is 19.1 Å². The molecule has 0 spiro atoms. The molecule has 0 bridgehead atoms. The quantitative estimate of drug-likeness (QED) is 0.490. The van der Waals surface area contributed by atoms with Crippen LogP contribution in [0, 0.1) is 0 Å². The molecule has 1 aliphatic rings. The predicted molar refractivity (Wildman–Crippen MR) is 118 cm³/mol. The summed E-state index contributed by atoms with van der Waals surface area (Å²) >= 11 is 1.54. The average Bonchev–Trinajstić information content (AvgIpc) is 3.46. The van der Waals surface area contributed by atoms with Crippen molar-refractivity contribution in [2.45, 2.75) is 5.37 Å². The van der Waals surface area contributed by atoms with Gasteiger partial charge in [-0.1, -0.05) is 48.5 Å². The van der Waals surface area contributed by atoms with Crippen molar-refractivity contribution in [1.29, 1.82) is 0 Å². The second kappa shape index (κ2) is 7.65. The molecule has 1 aliphatic heterocycles. The summed E-state index contributed by atoms with van der Waals surface area (Å²) in [5.41, 5.74) is 3.41. The normalized spacial score (nSPS) is 15.6. The standard InChI is InChI=1S/C24H17N3O2S/c28-22(17-5-2-1-3-6-17)18-9-8-16-10-12-27(21(16)13-18)24(29)20-15-30-23(26-20)19-7-4-11-25-14-19/h1-15,23,26H. The van der Waals surface area contributed by atoms with Gasteiger partial charge in [0.15, 0.2) is 5.78 Å². The molecule has 0 fully saturated rings. The van der Waals surface area contributed by atoms with Gasteiger partial charge in [0, 0.05) is 46.1 Å². The molecule has 1 unspecified atom stereocenters. The van der Waals surface area contributed by atoms with Crippen LogP contribution in [0.2, 0.25) is 0 Å². The van der Waals surface area contributed by atoms with Gasteiger partial charge in [0.05, 0.1) is 5.52 Å². The fourth-order valence-corrected chi connectivity index (χ4v) is 4.42. The van der Waals surface area contributed by atoms with E-state index in [1.54, 1.807) is 47.4 Å². The van der Waals surface area contributed by atoms with E-state index in [0.29, 0.717) is 22.3 Å². The number of fused-ring (bicyclic) bond motifs is 1. The van der Waals surface area contributed by atoms with Gasteiger partial charge >= 0.3 is 0 Å². The Hall–Kier alpha value is -3.64. The largest absolute Gasteiger partial charge is 0.364 e. The van der Waals surface area contributed by atoms with E-state index in [9.17, 15) is 9.59 Å². The Labute approximate surface area is 177 Å². The Morgan fingerprint density at radius 2 is 1.83 bits per heavy atom. The van der Waals surface area contributed by atoms with E-state index in [1.165, 1.54) is 11.8 Å². The number of thioether (sulfide) groups is 1. The maximum Gasteiger partial charge on any atom is 0.279 e. The highest BCUT2D eigenvalue weighted by Crippen LogP contribution is 2.34. The van der Waals surface area contributed by atoms with Crippen molar-refractivity contribution in [2.75, 3.05) is 0 Å². The third kappa shape index (κ3) is 3.31. The van der Waals surface area contributed by atoms with Gasteiger partial charge in [-0.05, 0) is 18.2 Å². The monoisotopic (exact) mass is 411 g/mol. The fourth-order valence-electron chi connectivity index (χ4n) is 3.48. The summed E-state index contributed by atoms with van der Waals surface area (Å²) in [6, 6.07) is 20.3. The Morgan fingerprint density at radius 1 is 0.967 bits per heavy atom. The molecular weight excluding hydrogens is 394 g/mol. The minimum Gasteiger partial charge on any atom is -0.364 e. The molecule has 1 atom stereocenters. The molecule has 0 saturated carbocycles. The second-order valence-corrected chi connectivity index (χ2v) is 7.92. The minimum atomic E-state index is -0.159. The van der Waals surface area contributed by atoms with Crippen LogP contribution in [0.15, 0.2) is 96.4 Å². The summed E-state index contributed by atoms with van der Waals surface area (Å²) in [5.74, 6) is -0.226. The molecule has 30 heavy (non-hydrogen) atoms. The van der Waals surface area contributed by atoms with Crippen LogP contribution in [0.4, 0.5) is 0 Å². The lowest BCUT2D eigenvalue weighted by atomic mass is 10.0. The Bertz CT molecular complexity index is 1280. The summed E-state index contributed by atoms with van der Waals surface area (Å²) in [6.07, 6.45) is 5.26. The zero-order chi connectivity index (χ0) is 20.5. The summed E-state index contributed by atoms with van der Waals surface area (Å²) in [6.45, 7) is 0. The van der Waals surface area contributed by atoms with E-state index >= 15 is 0 Å². The zero-order valence-corrected chi connectivity index (χ0v) is 16.7. The van der Waals surface area contributed by atoms with Gasteiger partial charge in [0.2, 0.25) is 0 Å². The molecule has 3 heterocycles. The first kappa shape index (κ1) is 18.4. The molecule has 5 rings (SSSR count). The maximum absolute atomic E-state index is 13.2. The topological polar surface area (TPSA) is 64.0 Å². The smallest absolute Gasteiger partial charge is 0.279 e. The van der Waals surface area contributed by atoms with Gasteiger partial charge in [-0.2, -0.15) is 0 Å². The van der Waals surface area contributed by atoms with E-state index in [2.05, 4.69) is 10.3 Å². The molecule has 0 amide bonds. The molecule has 0 saturated heterocycles. The first-order valence-corrected chi connectivity index (χ1v) is 10.4. The Kier molecular flexibility index (Phi) is 4.69. The number of nitrogens with zero attached hydrogens (tertiary/aromatic N) is 2. The molecule has 146 valence electrons. The van der Waals surface area contributed by atoms with E-state index in [4.69, 9.17) is 0 Å². The lowest BCUT2D eigenvalue weighted by Gasteiger charge is -2.13. The van der Waals surface area contributed by atoms with Crippen LogP contribution in [-0.2, 0) is 0 Å². The van der Waals surface area contributed by atoms with Crippen molar-refractivity contribution < 1.29 is 9.59 Å². The number of benzene rings is 2. The number of nitrogens with one attached hydrogen (secondary N) is 1. The van der Waals surface area contributed by atoms with E-state index in [-0.39, 0.29) is 17.1 Å². The van der Waals surface area contributed by atoms with Gasteiger partial charge in [-0.25, -0.2) is 0 Å². The van der Waals surface area contributed by atoms with Crippen molar-refractivity contribution in [3.8, 4) is 0 Å². The van der Waals surface area contributed by atoms with Crippen molar-refractivity contribution in [3.63, 3.8) is 0 Å². The van der Waals surface area contributed by atoms with Gasteiger partial charge in [0.1, 0.15) is 11.1 Å². The van der Waals surface area contributed by atoms with E-state index in [0.717, 1.165) is 10.9 Å². The third-order valence-corrected chi connectivity index (χ3v) is 6.07. The molecule has 1 N–H and O–H groups in total. The minimum absolute atomic E-state index is 0.0466. The highest BCUT2D eigenvalue weighted by molar-refractivity contribution is 8.02.